The second-order valence-corrected chi connectivity index (χ2v) is 7.08. The molecule has 0 aliphatic heterocycles. The van der Waals surface area contributed by atoms with Gasteiger partial charge in [-0.1, -0.05) is 78.9 Å². The third-order valence-corrected chi connectivity index (χ3v) is 4.83. The van der Waals surface area contributed by atoms with Crippen LogP contribution in [-0.2, 0) is 0 Å². The molecule has 0 unspecified atom stereocenters. The third kappa shape index (κ3) is 5.43. The summed E-state index contributed by atoms with van der Waals surface area (Å²) in [5.74, 6) is 0.405. The van der Waals surface area contributed by atoms with Gasteiger partial charge in [0, 0.05) is 6.07 Å². The van der Waals surface area contributed by atoms with E-state index in [9.17, 15) is 9.90 Å². The Hall–Kier alpha value is -4.31. The Balaban J connectivity index is 1.35. The lowest BCUT2D eigenvalue weighted by atomic mass is 10.0. The van der Waals surface area contributed by atoms with Crippen LogP contribution in [0, 0.1) is 0 Å². The Morgan fingerprint density at radius 2 is 1.44 bits per heavy atom. The molecule has 0 aromatic heterocycles. The van der Waals surface area contributed by atoms with E-state index in [0.29, 0.717) is 18.1 Å². The van der Waals surface area contributed by atoms with Crippen LogP contribution >= 0.6 is 0 Å². The van der Waals surface area contributed by atoms with Crippen molar-refractivity contribution in [3.63, 3.8) is 0 Å². The molecule has 0 spiro atoms. The van der Waals surface area contributed by atoms with Crippen LogP contribution in [0.3, 0.4) is 0 Å². The van der Waals surface area contributed by atoms with Gasteiger partial charge in [0.25, 0.3) is 0 Å². The van der Waals surface area contributed by atoms with Gasteiger partial charge in [0.05, 0.1) is 0 Å². The molecule has 0 fully saturated rings. The van der Waals surface area contributed by atoms with Gasteiger partial charge in [-0.15, -0.1) is 0 Å². The van der Waals surface area contributed by atoms with Crippen LogP contribution in [0.5, 0.6) is 17.2 Å². The summed E-state index contributed by atoms with van der Waals surface area (Å²) in [6.45, 7) is 0.398. The van der Waals surface area contributed by atoms with Gasteiger partial charge in [-0.25, -0.2) is 4.79 Å². The molecule has 0 saturated heterocycles. The summed E-state index contributed by atoms with van der Waals surface area (Å²) in [6, 6.07) is 32.3. The highest BCUT2D eigenvalue weighted by atomic mass is 16.5. The van der Waals surface area contributed by atoms with Gasteiger partial charge in [-0.2, -0.15) is 0 Å². The van der Waals surface area contributed by atoms with Crippen LogP contribution < -0.4 is 9.47 Å². The van der Waals surface area contributed by atoms with Crippen molar-refractivity contribution >= 4 is 12.0 Å². The lowest BCUT2D eigenvalue weighted by Gasteiger charge is -2.10. The monoisotopic (exact) mass is 422 g/mol. The molecule has 1 N–H and O–H groups in total. The zero-order valence-corrected chi connectivity index (χ0v) is 17.3. The third-order valence-electron chi connectivity index (χ3n) is 4.83. The zero-order valence-electron chi connectivity index (χ0n) is 17.3. The minimum Gasteiger partial charge on any atom is -0.489 e. The van der Waals surface area contributed by atoms with Gasteiger partial charge in [-0.3, -0.25) is 0 Å². The quantitative estimate of drug-likeness (QED) is 0.334. The summed E-state index contributed by atoms with van der Waals surface area (Å²) >= 11 is 0. The van der Waals surface area contributed by atoms with E-state index in [1.54, 1.807) is 36.4 Å². The van der Waals surface area contributed by atoms with E-state index in [1.165, 1.54) is 17.2 Å². The zero-order chi connectivity index (χ0) is 22.2. The van der Waals surface area contributed by atoms with Crippen molar-refractivity contribution in [2.75, 3.05) is 6.61 Å². The van der Waals surface area contributed by atoms with E-state index in [-0.39, 0.29) is 11.3 Å². The van der Waals surface area contributed by atoms with E-state index >= 15 is 0 Å². The Labute approximate surface area is 187 Å². The van der Waals surface area contributed by atoms with Crippen molar-refractivity contribution in [1.82, 2.24) is 0 Å². The highest BCUT2D eigenvalue weighted by molar-refractivity contribution is 5.90. The molecule has 4 heteroatoms. The molecule has 0 amide bonds. The molecule has 0 aliphatic carbocycles. The highest BCUT2D eigenvalue weighted by Crippen LogP contribution is 2.28. The fourth-order valence-corrected chi connectivity index (χ4v) is 3.23. The van der Waals surface area contributed by atoms with Crippen LogP contribution in [0.15, 0.2) is 109 Å². The molecular formula is C28H22O4. The van der Waals surface area contributed by atoms with E-state index in [2.05, 4.69) is 36.4 Å². The fourth-order valence-electron chi connectivity index (χ4n) is 3.23. The van der Waals surface area contributed by atoms with Crippen LogP contribution in [-0.4, -0.2) is 17.7 Å². The summed E-state index contributed by atoms with van der Waals surface area (Å²) in [5.41, 5.74) is 3.58. The second-order valence-electron chi connectivity index (χ2n) is 7.08. The van der Waals surface area contributed by atoms with E-state index < -0.39 is 5.97 Å². The predicted octanol–water partition coefficient (Wildman–Crippen LogP) is 6.94. The number of aromatic carboxylic acids is 1. The van der Waals surface area contributed by atoms with E-state index in [0.717, 1.165) is 5.56 Å². The van der Waals surface area contributed by atoms with Crippen molar-refractivity contribution in [3.05, 3.63) is 120 Å². The van der Waals surface area contributed by atoms with Crippen molar-refractivity contribution < 1.29 is 19.4 Å². The van der Waals surface area contributed by atoms with Gasteiger partial charge in [0.15, 0.2) is 0 Å². The lowest BCUT2D eigenvalue weighted by molar-refractivity contribution is 0.0694. The van der Waals surface area contributed by atoms with Crippen LogP contribution in [0.4, 0.5) is 0 Å². The lowest BCUT2D eigenvalue weighted by Crippen LogP contribution is -1.99. The molecule has 0 heterocycles. The first kappa shape index (κ1) is 20.9. The summed E-state index contributed by atoms with van der Waals surface area (Å²) in [5, 5.41) is 9.30. The number of benzene rings is 4. The number of carboxylic acid groups (broad SMARTS) is 1. The molecule has 0 aliphatic rings. The maximum atomic E-state index is 11.3. The van der Waals surface area contributed by atoms with Crippen LogP contribution in [0.25, 0.3) is 17.2 Å². The number of ether oxygens (including phenoxy) is 2. The van der Waals surface area contributed by atoms with Crippen LogP contribution in [0.1, 0.15) is 15.9 Å². The first-order chi connectivity index (χ1) is 15.7. The SMILES string of the molecule is O=C(O)c1ccccc1Oc1cccc(OC/C=C/c2ccc(-c3ccccc3)cc2)c1. The minimum absolute atomic E-state index is 0.111. The van der Waals surface area contributed by atoms with Gasteiger partial charge >= 0.3 is 5.97 Å². The molecule has 0 atom stereocenters. The second kappa shape index (κ2) is 10.1. The van der Waals surface area contributed by atoms with Gasteiger partial charge in [0.2, 0.25) is 0 Å². The molecule has 4 rings (SSSR count). The summed E-state index contributed by atoms with van der Waals surface area (Å²) in [6.07, 6.45) is 3.96. The number of hydrogen-bond donors (Lipinski definition) is 1. The molecule has 0 radical (unpaired) electrons. The molecule has 4 nitrogen and oxygen atoms in total. The average molecular weight is 422 g/mol. The minimum atomic E-state index is -1.03. The summed E-state index contributed by atoms with van der Waals surface area (Å²) in [7, 11) is 0. The Kier molecular flexibility index (Phi) is 6.63. The first-order valence-electron chi connectivity index (χ1n) is 10.2. The largest absolute Gasteiger partial charge is 0.489 e. The molecular weight excluding hydrogens is 400 g/mol. The standard InChI is InChI=1S/C28H22O4/c29-28(30)26-13-4-5-14-27(26)32-25-12-6-11-24(20-25)31-19-7-8-21-15-17-23(18-16-21)22-9-2-1-3-10-22/h1-18,20H,19H2,(H,29,30)/b8-7+. The molecule has 32 heavy (non-hydrogen) atoms. The average Bonchev–Trinajstić information content (AvgIpc) is 2.83. The molecule has 4 aromatic rings. The predicted molar refractivity (Wildman–Crippen MR) is 126 cm³/mol. The van der Waals surface area contributed by atoms with Crippen LogP contribution in [0.2, 0.25) is 0 Å². The topological polar surface area (TPSA) is 55.8 Å². The number of rotatable bonds is 8. The Bertz CT molecular complexity index is 1210. The smallest absolute Gasteiger partial charge is 0.339 e. The van der Waals surface area contributed by atoms with Crippen molar-refractivity contribution in [3.8, 4) is 28.4 Å². The maximum Gasteiger partial charge on any atom is 0.339 e. The van der Waals surface area contributed by atoms with E-state index in [4.69, 9.17) is 9.47 Å². The van der Waals surface area contributed by atoms with Crippen molar-refractivity contribution in [2.24, 2.45) is 0 Å². The number of hydrogen-bond acceptors (Lipinski definition) is 3. The van der Waals surface area contributed by atoms with Crippen molar-refractivity contribution in [1.29, 1.82) is 0 Å². The molecule has 0 bridgehead atoms. The number of para-hydroxylation sites is 1. The Morgan fingerprint density at radius 1 is 0.750 bits per heavy atom. The molecule has 4 aromatic carbocycles. The molecule has 0 saturated carbocycles. The van der Waals surface area contributed by atoms with Gasteiger partial charge < -0.3 is 14.6 Å². The van der Waals surface area contributed by atoms with Crippen molar-refractivity contribution in [2.45, 2.75) is 0 Å². The number of carbonyl (C=O) groups is 1. The first-order valence-corrected chi connectivity index (χ1v) is 10.2. The van der Waals surface area contributed by atoms with Gasteiger partial charge in [0.1, 0.15) is 29.4 Å². The maximum absolute atomic E-state index is 11.3. The summed E-state index contributed by atoms with van der Waals surface area (Å²) < 4.78 is 11.5. The Morgan fingerprint density at radius 3 is 2.22 bits per heavy atom. The fraction of sp³-hybridized carbons (Fsp3) is 0.0357. The summed E-state index contributed by atoms with van der Waals surface area (Å²) in [4.78, 5) is 11.3. The number of carboxylic acids is 1. The van der Waals surface area contributed by atoms with E-state index in [1.807, 2.05) is 36.4 Å². The van der Waals surface area contributed by atoms with Gasteiger partial charge in [-0.05, 0) is 47.0 Å². The normalized spacial score (nSPS) is 10.8. The molecule has 158 valence electrons. The highest BCUT2D eigenvalue weighted by Gasteiger charge is 2.11.